The van der Waals surface area contributed by atoms with Crippen molar-refractivity contribution in [1.29, 1.82) is 0 Å². The quantitative estimate of drug-likeness (QED) is 0.344. The van der Waals surface area contributed by atoms with Crippen molar-refractivity contribution in [3.05, 3.63) is 43.9 Å². The Morgan fingerprint density at radius 3 is 2.71 bits per heavy atom. The number of carbonyl (C=O) groups is 2. The van der Waals surface area contributed by atoms with Gasteiger partial charge in [0, 0.05) is 33.4 Å². The van der Waals surface area contributed by atoms with E-state index in [0.29, 0.717) is 51.8 Å². The molecule has 1 fully saturated rings. The Hall–Kier alpha value is -1.41. The van der Waals surface area contributed by atoms with E-state index in [0.717, 1.165) is 12.8 Å². The molecule has 0 atom stereocenters. The average molecular weight is 458 g/mol. The first-order valence-electron chi connectivity index (χ1n) is 8.81. The van der Waals surface area contributed by atoms with Gasteiger partial charge in [0.1, 0.15) is 0 Å². The van der Waals surface area contributed by atoms with E-state index in [9.17, 15) is 9.59 Å². The van der Waals surface area contributed by atoms with Crippen molar-refractivity contribution >= 4 is 58.1 Å². The molecule has 2 aliphatic carbocycles. The van der Waals surface area contributed by atoms with E-state index < -0.39 is 5.78 Å². The summed E-state index contributed by atoms with van der Waals surface area (Å²) in [6, 6.07) is 3.50. The minimum atomic E-state index is -0.453. The van der Waals surface area contributed by atoms with Crippen LogP contribution in [0.2, 0.25) is 10.0 Å². The Kier molecular flexibility index (Phi) is 5.78. The molecule has 146 valence electrons. The summed E-state index contributed by atoms with van der Waals surface area (Å²) in [4.78, 5) is 25.2. The van der Waals surface area contributed by atoms with Crippen LogP contribution in [0.5, 0.6) is 0 Å². The molecule has 0 amide bonds. The molecule has 1 saturated carbocycles. The number of Topliss-reactive ketones (excluding diaryl/α,β-unsaturated/α-hetero) is 2. The fourth-order valence-corrected chi connectivity index (χ4v) is 5.12. The number of rotatable bonds is 6. The van der Waals surface area contributed by atoms with Crippen molar-refractivity contribution in [2.45, 2.75) is 49.1 Å². The third kappa shape index (κ3) is 3.85. The molecular formula is C18H15Cl3N4O2S. The van der Waals surface area contributed by atoms with Crippen LogP contribution in [0.15, 0.2) is 27.9 Å². The van der Waals surface area contributed by atoms with Crippen molar-refractivity contribution in [2.75, 3.05) is 0 Å². The fraction of sp³-hybridized carbons (Fsp3) is 0.389. The van der Waals surface area contributed by atoms with Crippen LogP contribution in [0.3, 0.4) is 0 Å². The molecule has 2 aliphatic rings. The van der Waals surface area contributed by atoms with Crippen LogP contribution >= 0.6 is 46.6 Å². The largest absolute Gasteiger partial charge is 0.294 e. The first-order chi connectivity index (χ1) is 13.5. The SMILES string of the molecule is O=C1CCCC(Cl)=C1C(=O)c1ccc(Cl)c(CSc2nnnn2C2CC2)c1Cl. The average Bonchev–Trinajstić information content (AvgIpc) is 3.39. The molecule has 28 heavy (non-hydrogen) atoms. The van der Waals surface area contributed by atoms with Gasteiger partial charge in [-0.1, -0.05) is 46.6 Å². The molecule has 0 spiro atoms. The Morgan fingerprint density at radius 2 is 2.00 bits per heavy atom. The van der Waals surface area contributed by atoms with Gasteiger partial charge in [-0.05, 0) is 48.2 Å². The maximum absolute atomic E-state index is 13.0. The predicted molar refractivity (Wildman–Crippen MR) is 108 cm³/mol. The van der Waals surface area contributed by atoms with E-state index >= 15 is 0 Å². The number of hydrogen-bond acceptors (Lipinski definition) is 6. The number of hydrogen-bond donors (Lipinski definition) is 0. The van der Waals surface area contributed by atoms with Gasteiger partial charge >= 0.3 is 0 Å². The standard InChI is InChI=1S/C18H15Cl3N4O2S/c19-12-7-6-10(17(27)15-13(20)2-1-3-14(15)26)16(21)11(12)8-28-18-22-23-24-25(18)9-4-5-9/h6-7,9H,1-5,8H2. The van der Waals surface area contributed by atoms with Crippen LogP contribution in [-0.4, -0.2) is 31.8 Å². The second-order valence-corrected chi connectivity index (χ2v) is 8.88. The number of halogens is 3. The summed E-state index contributed by atoms with van der Waals surface area (Å²) in [5.41, 5.74) is 0.866. The van der Waals surface area contributed by atoms with Gasteiger partial charge in [0.15, 0.2) is 11.6 Å². The van der Waals surface area contributed by atoms with Crippen molar-refractivity contribution in [3.63, 3.8) is 0 Å². The van der Waals surface area contributed by atoms with Crippen LogP contribution < -0.4 is 0 Å². The second kappa shape index (κ2) is 8.14. The molecule has 0 unspecified atom stereocenters. The maximum atomic E-state index is 13.0. The number of allylic oxidation sites excluding steroid dienone is 2. The van der Waals surface area contributed by atoms with E-state index in [1.54, 1.807) is 10.7 Å². The molecule has 1 aromatic heterocycles. The number of aromatic nitrogens is 4. The Labute approximate surface area is 180 Å². The van der Waals surface area contributed by atoms with Crippen LogP contribution in [-0.2, 0) is 10.5 Å². The second-order valence-electron chi connectivity index (χ2n) is 6.70. The number of thioether (sulfide) groups is 1. The van der Waals surface area contributed by atoms with Crippen molar-refractivity contribution < 1.29 is 9.59 Å². The summed E-state index contributed by atoms with van der Waals surface area (Å²) in [6.45, 7) is 0. The lowest BCUT2D eigenvalue weighted by molar-refractivity contribution is -0.115. The number of nitrogens with zero attached hydrogens (tertiary/aromatic N) is 4. The molecule has 1 aromatic carbocycles. The highest BCUT2D eigenvalue weighted by atomic mass is 35.5. The molecule has 1 heterocycles. The van der Waals surface area contributed by atoms with Gasteiger partial charge < -0.3 is 0 Å². The van der Waals surface area contributed by atoms with E-state index in [2.05, 4.69) is 15.5 Å². The Bertz CT molecular complexity index is 1000. The fourth-order valence-electron chi connectivity index (χ4n) is 3.06. The Morgan fingerprint density at radius 1 is 1.21 bits per heavy atom. The summed E-state index contributed by atoms with van der Waals surface area (Å²) in [6.07, 6.45) is 3.61. The molecule has 0 bridgehead atoms. The van der Waals surface area contributed by atoms with Gasteiger partial charge in [-0.2, -0.15) is 0 Å². The first-order valence-corrected chi connectivity index (χ1v) is 10.9. The third-order valence-corrected chi connectivity index (χ3v) is 6.83. The maximum Gasteiger partial charge on any atom is 0.209 e. The number of carbonyl (C=O) groups excluding carboxylic acids is 2. The van der Waals surface area contributed by atoms with Crippen LogP contribution in [0.25, 0.3) is 0 Å². The minimum absolute atomic E-state index is 0.0356. The van der Waals surface area contributed by atoms with Gasteiger partial charge in [-0.25, -0.2) is 4.68 Å². The highest BCUT2D eigenvalue weighted by molar-refractivity contribution is 7.98. The van der Waals surface area contributed by atoms with Crippen LogP contribution in [0.4, 0.5) is 0 Å². The van der Waals surface area contributed by atoms with Crippen molar-refractivity contribution in [3.8, 4) is 0 Å². The van der Waals surface area contributed by atoms with Gasteiger partial charge in [0.25, 0.3) is 0 Å². The number of ketones is 2. The number of tetrazole rings is 1. The lowest BCUT2D eigenvalue weighted by Gasteiger charge is -2.16. The zero-order valence-corrected chi connectivity index (χ0v) is 17.7. The van der Waals surface area contributed by atoms with Crippen molar-refractivity contribution in [2.24, 2.45) is 0 Å². The summed E-state index contributed by atoms with van der Waals surface area (Å²) in [7, 11) is 0. The molecule has 2 aromatic rings. The van der Waals surface area contributed by atoms with Crippen LogP contribution in [0.1, 0.15) is 54.1 Å². The minimum Gasteiger partial charge on any atom is -0.294 e. The van der Waals surface area contributed by atoms with Crippen LogP contribution in [0, 0.1) is 0 Å². The summed E-state index contributed by atoms with van der Waals surface area (Å²) in [5.74, 6) is -0.302. The molecule has 0 saturated heterocycles. The monoisotopic (exact) mass is 456 g/mol. The molecule has 0 N–H and O–H groups in total. The molecule has 0 aliphatic heterocycles. The summed E-state index contributed by atoms with van der Waals surface area (Å²) in [5, 5.41) is 13.4. The first kappa shape index (κ1) is 19.9. The van der Waals surface area contributed by atoms with Gasteiger partial charge in [-0.3, -0.25) is 9.59 Å². The molecular weight excluding hydrogens is 443 g/mol. The van der Waals surface area contributed by atoms with E-state index in [1.165, 1.54) is 17.8 Å². The molecule has 4 rings (SSSR count). The molecule has 0 radical (unpaired) electrons. The zero-order chi connectivity index (χ0) is 19.8. The summed E-state index contributed by atoms with van der Waals surface area (Å²) >= 11 is 20.4. The predicted octanol–water partition coefficient (Wildman–Crippen LogP) is 5.04. The number of benzene rings is 1. The van der Waals surface area contributed by atoms with E-state index in [4.69, 9.17) is 34.8 Å². The highest BCUT2D eigenvalue weighted by Gasteiger charge is 2.30. The molecule has 6 nitrogen and oxygen atoms in total. The Balaban J connectivity index is 1.61. The van der Waals surface area contributed by atoms with Gasteiger partial charge in [-0.15, -0.1) is 5.10 Å². The van der Waals surface area contributed by atoms with Gasteiger partial charge in [0.05, 0.1) is 16.6 Å². The van der Waals surface area contributed by atoms with E-state index in [1.807, 2.05) is 0 Å². The third-order valence-electron chi connectivity index (χ3n) is 4.71. The molecule has 10 heteroatoms. The summed E-state index contributed by atoms with van der Waals surface area (Å²) < 4.78 is 1.80. The zero-order valence-electron chi connectivity index (χ0n) is 14.6. The van der Waals surface area contributed by atoms with Gasteiger partial charge in [0.2, 0.25) is 5.16 Å². The lowest BCUT2D eigenvalue weighted by atomic mass is 9.91. The normalized spacial score (nSPS) is 17.3. The smallest absolute Gasteiger partial charge is 0.209 e. The topological polar surface area (TPSA) is 77.7 Å². The van der Waals surface area contributed by atoms with E-state index in [-0.39, 0.29) is 21.9 Å². The lowest BCUT2D eigenvalue weighted by Crippen LogP contribution is -2.18. The highest BCUT2D eigenvalue weighted by Crippen LogP contribution is 2.39. The van der Waals surface area contributed by atoms with Crippen molar-refractivity contribution in [1.82, 2.24) is 20.2 Å².